The van der Waals surface area contributed by atoms with E-state index in [0.29, 0.717) is 20.8 Å². The first-order valence-corrected chi connectivity index (χ1v) is 11.1. The number of nitrogens with zero attached hydrogens (tertiary/aromatic N) is 4. The van der Waals surface area contributed by atoms with Crippen LogP contribution in [0.15, 0.2) is 28.6 Å². The maximum absolute atomic E-state index is 12.6. The highest BCUT2D eigenvalue weighted by Gasteiger charge is 2.56. The van der Waals surface area contributed by atoms with Gasteiger partial charge in [0.1, 0.15) is 12.1 Å². The molecule has 0 spiro atoms. The molecule has 0 radical (unpaired) electrons. The number of aromatic nitrogens is 2. The summed E-state index contributed by atoms with van der Waals surface area (Å²) in [5, 5.41) is 22.4. The fourth-order valence-corrected chi connectivity index (χ4v) is 4.96. The monoisotopic (exact) mass is 442 g/mol. The molecule has 1 aromatic carbocycles. The summed E-state index contributed by atoms with van der Waals surface area (Å²) in [7, 11) is 0. The highest BCUT2D eigenvalue weighted by atomic mass is 32.2. The minimum Gasteiger partial charge on any atom is -0.323 e. The van der Waals surface area contributed by atoms with Gasteiger partial charge in [-0.3, -0.25) is 19.8 Å². The van der Waals surface area contributed by atoms with Gasteiger partial charge in [-0.1, -0.05) is 35.2 Å². The van der Waals surface area contributed by atoms with Gasteiger partial charge in [0.15, 0.2) is 4.34 Å². The summed E-state index contributed by atoms with van der Waals surface area (Å²) >= 11 is 2.68. The molecular formula is C19H18N6O3S2. The van der Waals surface area contributed by atoms with Crippen LogP contribution in [0.5, 0.6) is 0 Å². The first-order valence-electron chi connectivity index (χ1n) is 9.28. The lowest BCUT2D eigenvalue weighted by atomic mass is 9.96. The summed E-state index contributed by atoms with van der Waals surface area (Å²) in [6.45, 7) is 1.35. The third kappa shape index (κ3) is 4.15. The zero-order valence-electron chi connectivity index (χ0n) is 16.0. The molecule has 30 heavy (non-hydrogen) atoms. The normalized spacial score (nSPS) is 20.7. The molecule has 2 aromatic rings. The molecule has 11 heteroatoms. The van der Waals surface area contributed by atoms with Crippen molar-refractivity contribution in [1.82, 2.24) is 20.4 Å². The van der Waals surface area contributed by atoms with Crippen molar-refractivity contribution in [3.8, 4) is 6.07 Å². The van der Waals surface area contributed by atoms with Gasteiger partial charge in [0.25, 0.3) is 5.91 Å². The Morgan fingerprint density at radius 2 is 2.10 bits per heavy atom. The molecule has 2 aliphatic rings. The van der Waals surface area contributed by atoms with Crippen LogP contribution in [0, 0.1) is 17.2 Å². The number of thioether (sulfide) groups is 1. The molecule has 2 fully saturated rings. The molecule has 2 N–H and O–H groups in total. The van der Waals surface area contributed by atoms with E-state index in [4.69, 9.17) is 5.26 Å². The van der Waals surface area contributed by atoms with Crippen LogP contribution in [-0.2, 0) is 15.3 Å². The van der Waals surface area contributed by atoms with E-state index in [1.54, 1.807) is 19.1 Å². The molecule has 1 aliphatic heterocycles. The van der Waals surface area contributed by atoms with E-state index in [2.05, 4.69) is 26.9 Å². The molecule has 154 valence electrons. The Hall–Kier alpha value is -2.97. The van der Waals surface area contributed by atoms with Gasteiger partial charge < -0.3 is 5.32 Å². The van der Waals surface area contributed by atoms with Crippen molar-refractivity contribution in [1.29, 1.82) is 5.26 Å². The third-order valence-corrected chi connectivity index (χ3v) is 7.14. The highest BCUT2D eigenvalue weighted by molar-refractivity contribution is 8.00. The second kappa shape index (κ2) is 8.04. The number of anilines is 1. The van der Waals surface area contributed by atoms with Crippen LogP contribution in [0.25, 0.3) is 0 Å². The molecular weight excluding hydrogens is 424 g/mol. The van der Waals surface area contributed by atoms with Gasteiger partial charge in [0, 0.05) is 5.75 Å². The Morgan fingerprint density at radius 1 is 1.37 bits per heavy atom. The maximum Gasteiger partial charge on any atom is 0.325 e. The Labute approximate surface area is 180 Å². The fourth-order valence-electron chi connectivity index (χ4n) is 3.24. The number of nitrogens with one attached hydrogen (secondary N) is 2. The Balaban J connectivity index is 1.30. The van der Waals surface area contributed by atoms with Crippen LogP contribution in [0.4, 0.5) is 9.93 Å². The molecule has 2 heterocycles. The molecule has 9 nitrogen and oxygen atoms in total. The van der Waals surface area contributed by atoms with Crippen LogP contribution in [0.2, 0.25) is 0 Å². The van der Waals surface area contributed by atoms with Gasteiger partial charge in [0.2, 0.25) is 11.0 Å². The van der Waals surface area contributed by atoms with Crippen molar-refractivity contribution >= 4 is 46.1 Å². The van der Waals surface area contributed by atoms with Crippen molar-refractivity contribution in [2.24, 2.45) is 5.92 Å². The first kappa shape index (κ1) is 20.3. The number of carbonyl (C=O) groups is 3. The number of urea groups is 1. The second-order valence-electron chi connectivity index (χ2n) is 7.32. The lowest BCUT2D eigenvalue weighted by Crippen LogP contribution is -2.46. The van der Waals surface area contributed by atoms with E-state index < -0.39 is 17.5 Å². The summed E-state index contributed by atoms with van der Waals surface area (Å²) in [5.74, 6) is -0.0727. The van der Waals surface area contributed by atoms with Crippen molar-refractivity contribution in [3.63, 3.8) is 0 Å². The first-order chi connectivity index (χ1) is 14.4. The van der Waals surface area contributed by atoms with Gasteiger partial charge >= 0.3 is 6.03 Å². The molecule has 1 unspecified atom stereocenters. The summed E-state index contributed by atoms with van der Waals surface area (Å²) in [5.41, 5.74) is 0.736. The molecule has 1 aromatic heterocycles. The van der Waals surface area contributed by atoms with E-state index in [0.717, 1.165) is 23.3 Å². The van der Waals surface area contributed by atoms with Crippen molar-refractivity contribution < 1.29 is 14.4 Å². The van der Waals surface area contributed by atoms with Crippen molar-refractivity contribution in [2.75, 3.05) is 11.9 Å². The van der Waals surface area contributed by atoms with Crippen LogP contribution in [0.3, 0.4) is 0 Å². The highest BCUT2D eigenvalue weighted by Crippen LogP contribution is 2.42. The fraction of sp³-hybridized carbons (Fsp3) is 0.368. The van der Waals surface area contributed by atoms with E-state index in [1.807, 2.05) is 12.1 Å². The number of rotatable bonds is 7. The average Bonchev–Trinajstić information content (AvgIpc) is 3.47. The lowest BCUT2D eigenvalue weighted by molar-refractivity contribution is -0.134. The standard InChI is InChI=1S/C19H18N6O3S2/c1-19(13-6-7-13)15(27)25(17(28)22-19)9-14(26)21-16-23-24-18(30-16)29-10-12-4-2-11(8-20)3-5-12/h2-5,13H,6-7,9-10H2,1H3,(H,22,28)(H,21,23,26). The molecule has 1 saturated carbocycles. The molecule has 4 rings (SSSR count). The van der Waals surface area contributed by atoms with Crippen molar-refractivity contribution in [2.45, 2.75) is 35.4 Å². The van der Waals surface area contributed by atoms with Gasteiger partial charge in [-0.05, 0) is 43.4 Å². The smallest absolute Gasteiger partial charge is 0.323 e. The molecule has 4 amide bonds. The number of hydrogen-bond acceptors (Lipinski definition) is 8. The van der Waals surface area contributed by atoms with E-state index in [1.165, 1.54) is 23.1 Å². The minimum atomic E-state index is -0.907. The summed E-state index contributed by atoms with van der Waals surface area (Å²) in [4.78, 5) is 38.0. The lowest BCUT2D eigenvalue weighted by Gasteiger charge is -2.20. The SMILES string of the molecule is CC1(C2CC2)NC(=O)N(CC(=O)Nc2nnc(SCc3ccc(C#N)cc3)s2)C1=O. The van der Waals surface area contributed by atoms with Gasteiger partial charge in [-0.15, -0.1) is 10.2 Å². The summed E-state index contributed by atoms with van der Waals surface area (Å²) in [6, 6.07) is 8.80. The van der Waals surface area contributed by atoms with E-state index in [-0.39, 0.29) is 18.4 Å². The summed E-state index contributed by atoms with van der Waals surface area (Å²) in [6.07, 6.45) is 1.80. The minimum absolute atomic E-state index is 0.140. The average molecular weight is 443 g/mol. The number of benzene rings is 1. The predicted octanol–water partition coefficient (Wildman–Crippen LogP) is 2.36. The molecule has 1 saturated heterocycles. The zero-order chi connectivity index (χ0) is 21.3. The van der Waals surface area contributed by atoms with E-state index in [9.17, 15) is 14.4 Å². The third-order valence-electron chi connectivity index (χ3n) is 5.09. The topological polar surface area (TPSA) is 128 Å². The van der Waals surface area contributed by atoms with Crippen LogP contribution in [0.1, 0.15) is 30.9 Å². The number of amides is 4. The number of nitriles is 1. The zero-order valence-corrected chi connectivity index (χ0v) is 17.7. The maximum atomic E-state index is 12.6. The van der Waals surface area contributed by atoms with Gasteiger partial charge in [0.05, 0.1) is 11.6 Å². The molecule has 0 bridgehead atoms. The Bertz CT molecular complexity index is 1040. The molecule has 1 aliphatic carbocycles. The summed E-state index contributed by atoms with van der Waals surface area (Å²) < 4.78 is 0.672. The number of imide groups is 1. The van der Waals surface area contributed by atoms with E-state index >= 15 is 0 Å². The van der Waals surface area contributed by atoms with Crippen molar-refractivity contribution in [3.05, 3.63) is 35.4 Å². The quantitative estimate of drug-likeness (QED) is 0.383. The molecule has 1 atom stereocenters. The Kier molecular flexibility index (Phi) is 5.44. The van der Waals surface area contributed by atoms with Gasteiger partial charge in [-0.2, -0.15) is 5.26 Å². The second-order valence-corrected chi connectivity index (χ2v) is 9.52. The number of hydrogen-bond donors (Lipinski definition) is 2. The Morgan fingerprint density at radius 3 is 2.77 bits per heavy atom. The number of carbonyl (C=O) groups excluding carboxylic acids is 3. The van der Waals surface area contributed by atoms with Crippen LogP contribution < -0.4 is 10.6 Å². The van der Waals surface area contributed by atoms with Crippen LogP contribution in [-0.4, -0.2) is 45.0 Å². The predicted molar refractivity (Wildman–Crippen MR) is 111 cm³/mol. The largest absolute Gasteiger partial charge is 0.325 e. The van der Waals surface area contributed by atoms with Crippen LogP contribution >= 0.6 is 23.1 Å². The van der Waals surface area contributed by atoms with Gasteiger partial charge in [-0.25, -0.2) is 4.79 Å².